The van der Waals surface area contributed by atoms with Crippen molar-refractivity contribution in [2.75, 3.05) is 0 Å². The molecule has 0 aliphatic heterocycles. The SMILES string of the molecule is CCCCC(CCCC)c1ccc(C)s1. The topological polar surface area (TPSA) is 0 Å². The van der Waals surface area contributed by atoms with E-state index in [4.69, 9.17) is 0 Å². The van der Waals surface area contributed by atoms with Gasteiger partial charge in [0, 0.05) is 9.75 Å². The Hall–Kier alpha value is -0.300. The van der Waals surface area contributed by atoms with Gasteiger partial charge in [-0.3, -0.25) is 0 Å². The van der Waals surface area contributed by atoms with Gasteiger partial charge in [-0.25, -0.2) is 0 Å². The zero-order chi connectivity index (χ0) is 11.1. The molecular weight excluding hydrogens is 200 g/mol. The number of aryl methyl sites for hydroxylation is 1. The molecule has 0 aliphatic rings. The highest BCUT2D eigenvalue weighted by atomic mass is 32.1. The second-order valence-corrected chi connectivity index (χ2v) is 5.75. The van der Waals surface area contributed by atoms with Gasteiger partial charge >= 0.3 is 0 Å². The van der Waals surface area contributed by atoms with Gasteiger partial charge in [0.25, 0.3) is 0 Å². The average Bonchev–Trinajstić information content (AvgIpc) is 2.65. The quantitative estimate of drug-likeness (QED) is 0.572. The van der Waals surface area contributed by atoms with E-state index in [0.717, 1.165) is 5.92 Å². The van der Waals surface area contributed by atoms with Crippen molar-refractivity contribution in [3.8, 4) is 0 Å². The first-order chi connectivity index (χ1) is 7.27. The Morgan fingerprint density at radius 3 is 2.07 bits per heavy atom. The summed E-state index contributed by atoms with van der Waals surface area (Å²) in [7, 11) is 0. The van der Waals surface area contributed by atoms with Crippen molar-refractivity contribution < 1.29 is 0 Å². The largest absolute Gasteiger partial charge is 0.145 e. The smallest absolute Gasteiger partial charge is 0.00790 e. The van der Waals surface area contributed by atoms with Crippen LogP contribution in [0.1, 0.15) is 68.0 Å². The third-order valence-electron chi connectivity index (χ3n) is 2.98. The highest BCUT2D eigenvalue weighted by molar-refractivity contribution is 7.12. The summed E-state index contributed by atoms with van der Waals surface area (Å²) in [6, 6.07) is 4.61. The first kappa shape index (κ1) is 12.8. The van der Waals surface area contributed by atoms with Crippen molar-refractivity contribution in [1.29, 1.82) is 0 Å². The maximum Gasteiger partial charge on any atom is 0.00790 e. The molecule has 0 spiro atoms. The van der Waals surface area contributed by atoms with Crippen molar-refractivity contribution in [3.05, 3.63) is 21.9 Å². The molecule has 15 heavy (non-hydrogen) atoms. The highest BCUT2D eigenvalue weighted by Crippen LogP contribution is 2.32. The molecule has 1 heterocycles. The molecule has 0 N–H and O–H groups in total. The van der Waals surface area contributed by atoms with Gasteiger partial charge in [-0.05, 0) is 37.8 Å². The first-order valence-electron chi connectivity index (χ1n) is 6.34. The summed E-state index contributed by atoms with van der Waals surface area (Å²) >= 11 is 2.00. The molecular formula is C14H24S. The van der Waals surface area contributed by atoms with E-state index in [1.807, 2.05) is 11.3 Å². The summed E-state index contributed by atoms with van der Waals surface area (Å²) in [6.45, 7) is 6.79. The molecule has 86 valence electrons. The van der Waals surface area contributed by atoms with E-state index in [2.05, 4.69) is 32.9 Å². The number of unbranched alkanes of at least 4 members (excludes halogenated alkanes) is 2. The van der Waals surface area contributed by atoms with Crippen LogP contribution < -0.4 is 0 Å². The fraction of sp³-hybridized carbons (Fsp3) is 0.714. The molecule has 1 aromatic heterocycles. The Morgan fingerprint density at radius 2 is 1.67 bits per heavy atom. The van der Waals surface area contributed by atoms with Gasteiger partial charge in [-0.2, -0.15) is 0 Å². The van der Waals surface area contributed by atoms with Crippen molar-refractivity contribution in [3.63, 3.8) is 0 Å². The van der Waals surface area contributed by atoms with Crippen LogP contribution in [0.4, 0.5) is 0 Å². The lowest BCUT2D eigenvalue weighted by atomic mass is 9.94. The maximum atomic E-state index is 2.34. The van der Waals surface area contributed by atoms with Gasteiger partial charge in [0.05, 0.1) is 0 Å². The first-order valence-corrected chi connectivity index (χ1v) is 7.15. The van der Waals surface area contributed by atoms with E-state index >= 15 is 0 Å². The molecule has 0 aromatic carbocycles. The fourth-order valence-electron chi connectivity index (χ4n) is 2.00. The third kappa shape index (κ3) is 4.38. The van der Waals surface area contributed by atoms with Crippen LogP contribution in [0.25, 0.3) is 0 Å². The van der Waals surface area contributed by atoms with Crippen LogP contribution in [0.15, 0.2) is 12.1 Å². The molecule has 0 radical (unpaired) electrons. The van der Waals surface area contributed by atoms with Gasteiger partial charge in [-0.15, -0.1) is 11.3 Å². The van der Waals surface area contributed by atoms with Gasteiger partial charge in [-0.1, -0.05) is 39.5 Å². The van der Waals surface area contributed by atoms with E-state index in [-0.39, 0.29) is 0 Å². The van der Waals surface area contributed by atoms with Gasteiger partial charge < -0.3 is 0 Å². The van der Waals surface area contributed by atoms with Crippen LogP contribution in [0, 0.1) is 6.92 Å². The molecule has 1 aromatic rings. The lowest BCUT2D eigenvalue weighted by molar-refractivity contribution is 0.531. The van der Waals surface area contributed by atoms with Gasteiger partial charge in [0.2, 0.25) is 0 Å². The Morgan fingerprint density at radius 1 is 1.07 bits per heavy atom. The molecule has 0 aliphatic carbocycles. The minimum absolute atomic E-state index is 0.837. The summed E-state index contributed by atoms with van der Waals surface area (Å²) in [5.41, 5.74) is 0. The Kier molecular flexibility index (Phi) is 6.00. The summed E-state index contributed by atoms with van der Waals surface area (Å²) in [5, 5.41) is 0. The van der Waals surface area contributed by atoms with Crippen molar-refractivity contribution in [2.45, 2.75) is 65.2 Å². The van der Waals surface area contributed by atoms with E-state index < -0.39 is 0 Å². The monoisotopic (exact) mass is 224 g/mol. The zero-order valence-corrected chi connectivity index (χ0v) is 11.2. The molecule has 0 saturated heterocycles. The van der Waals surface area contributed by atoms with E-state index in [1.165, 1.54) is 43.4 Å². The van der Waals surface area contributed by atoms with Crippen LogP contribution in [-0.2, 0) is 0 Å². The minimum Gasteiger partial charge on any atom is -0.145 e. The number of thiophene rings is 1. The number of hydrogen-bond acceptors (Lipinski definition) is 1. The molecule has 0 nitrogen and oxygen atoms in total. The zero-order valence-electron chi connectivity index (χ0n) is 10.4. The molecule has 0 atom stereocenters. The van der Waals surface area contributed by atoms with Crippen molar-refractivity contribution in [2.24, 2.45) is 0 Å². The Bertz CT molecular complexity index is 254. The average molecular weight is 224 g/mol. The standard InChI is InChI=1S/C14H24S/c1-4-6-8-13(9-7-5-2)14-11-10-12(3)15-14/h10-11,13H,4-9H2,1-3H3. The Balaban J connectivity index is 2.54. The summed E-state index contributed by atoms with van der Waals surface area (Å²) in [5.74, 6) is 0.837. The summed E-state index contributed by atoms with van der Waals surface area (Å²) in [4.78, 5) is 3.08. The predicted molar refractivity (Wildman–Crippen MR) is 70.8 cm³/mol. The van der Waals surface area contributed by atoms with E-state index in [0.29, 0.717) is 0 Å². The van der Waals surface area contributed by atoms with E-state index in [1.54, 1.807) is 4.88 Å². The lowest BCUT2D eigenvalue weighted by Gasteiger charge is -2.14. The molecule has 1 rings (SSSR count). The minimum atomic E-state index is 0.837. The third-order valence-corrected chi connectivity index (χ3v) is 4.14. The molecule has 0 unspecified atom stereocenters. The molecule has 0 saturated carbocycles. The Labute approximate surface area is 98.7 Å². The van der Waals surface area contributed by atoms with E-state index in [9.17, 15) is 0 Å². The molecule has 0 amide bonds. The second-order valence-electron chi connectivity index (χ2n) is 4.43. The highest BCUT2D eigenvalue weighted by Gasteiger charge is 2.12. The maximum absolute atomic E-state index is 2.34. The molecule has 1 heteroatoms. The summed E-state index contributed by atoms with van der Waals surface area (Å²) < 4.78 is 0. The number of hydrogen-bond donors (Lipinski definition) is 0. The van der Waals surface area contributed by atoms with Gasteiger partial charge in [0.15, 0.2) is 0 Å². The van der Waals surface area contributed by atoms with Gasteiger partial charge in [0.1, 0.15) is 0 Å². The fourth-order valence-corrected chi connectivity index (χ4v) is 3.05. The normalized spacial score (nSPS) is 11.2. The predicted octanol–water partition coefficient (Wildman–Crippen LogP) is 5.52. The van der Waals surface area contributed by atoms with Crippen LogP contribution in [0.2, 0.25) is 0 Å². The van der Waals surface area contributed by atoms with Crippen LogP contribution in [0.5, 0.6) is 0 Å². The lowest BCUT2D eigenvalue weighted by Crippen LogP contribution is -1.96. The van der Waals surface area contributed by atoms with Crippen LogP contribution >= 0.6 is 11.3 Å². The second kappa shape index (κ2) is 7.05. The molecule has 0 bridgehead atoms. The molecule has 0 fully saturated rings. The van der Waals surface area contributed by atoms with Crippen LogP contribution in [0.3, 0.4) is 0 Å². The van der Waals surface area contributed by atoms with Crippen molar-refractivity contribution >= 4 is 11.3 Å². The summed E-state index contributed by atoms with van der Waals surface area (Å²) in [6.07, 6.45) is 8.18. The van der Waals surface area contributed by atoms with Crippen molar-refractivity contribution in [1.82, 2.24) is 0 Å². The van der Waals surface area contributed by atoms with Crippen LogP contribution in [-0.4, -0.2) is 0 Å². The number of rotatable bonds is 7.